The number of carbonyl (C=O) groups is 7. The number of aliphatic carboxylic acids is 3. The number of aromatic nitrogens is 2. The summed E-state index contributed by atoms with van der Waals surface area (Å²) in [6, 6.07) is -0.143. The van der Waals surface area contributed by atoms with Crippen LogP contribution in [0.25, 0.3) is 0 Å². The smallest absolute Gasteiger partial charge is 0.327 e. The van der Waals surface area contributed by atoms with E-state index >= 15 is 0 Å². The monoisotopic (exact) mass is 747 g/mol. The molecule has 0 aliphatic carbocycles. The van der Waals surface area contributed by atoms with Gasteiger partial charge in [0.15, 0.2) is 18.0 Å². The molecule has 1 aromatic heterocycles. The van der Waals surface area contributed by atoms with Crippen molar-refractivity contribution in [3.05, 3.63) is 47.4 Å². The van der Waals surface area contributed by atoms with Crippen LogP contribution in [0.2, 0.25) is 0 Å². The fourth-order valence-electron chi connectivity index (χ4n) is 4.41. The number of aliphatic hydroxyl groups excluding tert-OH is 1. The molecule has 2 aromatic rings. The van der Waals surface area contributed by atoms with E-state index in [1.807, 2.05) is 5.32 Å². The van der Waals surface area contributed by atoms with Crippen LogP contribution >= 0.6 is 12.6 Å². The molecule has 5 atom stereocenters. The van der Waals surface area contributed by atoms with E-state index in [1.165, 1.54) is 18.3 Å². The number of guanidine groups is 1. The van der Waals surface area contributed by atoms with E-state index in [0.717, 1.165) is 0 Å². The van der Waals surface area contributed by atoms with Gasteiger partial charge in [0.2, 0.25) is 17.7 Å². The van der Waals surface area contributed by atoms with Gasteiger partial charge in [0.05, 0.1) is 24.9 Å². The van der Waals surface area contributed by atoms with Crippen molar-refractivity contribution in [1.82, 2.24) is 31.2 Å². The number of carbonyl (C=O) groups excluding carboxylic acids is 4. The van der Waals surface area contributed by atoms with Gasteiger partial charge < -0.3 is 63.8 Å². The summed E-state index contributed by atoms with van der Waals surface area (Å²) in [6.07, 6.45) is -1.58. The summed E-state index contributed by atoms with van der Waals surface area (Å²) in [7, 11) is 0. The maximum atomic E-state index is 13.0. The Bertz CT molecular complexity index is 1710. The van der Waals surface area contributed by atoms with Crippen molar-refractivity contribution in [2.24, 2.45) is 16.5 Å². The van der Waals surface area contributed by atoms with Crippen molar-refractivity contribution in [3.8, 4) is 0 Å². The molecule has 1 aromatic carbocycles. The quantitative estimate of drug-likeness (QED) is 0.0625. The lowest BCUT2D eigenvalue weighted by Gasteiger charge is -2.22. The van der Waals surface area contributed by atoms with Gasteiger partial charge in [-0.05, 0) is 30.7 Å². The maximum Gasteiger partial charge on any atom is 0.327 e. The first kappa shape index (κ1) is 40.4. The Hall–Kier alpha value is -6.07. The number of rotatable bonds is 19. The van der Waals surface area contributed by atoms with Crippen molar-refractivity contribution in [1.29, 1.82) is 0 Å². The first-order valence-corrected chi connectivity index (χ1v) is 15.9. The van der Waals surface area contributed by atoms with Gasteiger partial charge in [-0.3, -0.25) is 28.8 Å². The lowest BCUT2D eigenvalue weighted by Crippen LogP contribution is -2.57. The number of thiol groups is 1. The van der Waals surface area contributed by atoms with Crippen LogP contribution in [-0.2, 0) is 35.3 Å². The number of nitrogens with two attached hydrogens (primary N) is 2. The highest BCUT2D eigenvalue weighted by Crippen LogP contribution is 2.23. The Kier molecular flexibility index (Phi) is 14.6. The number of hydrogen-bond acceptors (Lipinski definition) is 16. The second-order valence-corrected chi connectivity index (χ2v) is 11.5. The number of nitrogens with zero attached hydrogens (tertiary/aromatic N) is 3. The number of nitrogens with one attached hydrogen (secondary N) is 6. The number of aliphatic hydroxyl groups is 1. The Labute approximate surface area is 299 Å². The van der Waals surface area contributed by atoms with Crippen molar-refractivity contribution in [2.75, 3.05) is 22.9 Å². The Morgan fingerprint density at radius 3 is 2.19 bits per heavy atom. The lowest BCUT2D eigenvalue weighted by atomic mass is 10.1. The molecule has 0 radical (unpaired) electrons. The third-order valence-electron chi connectivity index (χ3n) is 7.13. The molecule has 4 amide bonds. The number of hydrogen-bond donors (Lipinski definition) is 13. The van der Waals surface area contributed by atoms with Crippen LogP contribution in [0.3, 0.4) is 0 Å². The number of carboxylic acids is 3. The zero-order chi connectivity index (χ0) is 38.5. The highest BCUT2D eigenvalue weighted by Gasteiger charge is 2.30. The number of carboxylic acid groups (broad SMARTS) is 3. The fourth-order valence-corrected chi connectivity index (χ4v) is 4.65. The predicted molar refractivity (Wildman–Crippen MR) is 183 cm³/mol. The minimum Gasteiger partial charge on any atom is -0.481 e. The zero-order valence-corrected chi connectivity index (χ0v) is 28.0. The molecule has 0 fully saturated rings. The fraction of sp³-hybridized carbons (Fsp3) is 0.379. The molecular weight excluding hydrogens is 710 g/mol. The SMILES string of the molecule is NC1=NC(O)c2nc(CNc3ccc(C(=O)N[C@H](CCC(=O)O)C(=O)NC[C@H](N)C(=O)N[C@@H](CC(=O)O)C(=O)N[C@@H](CS)C(=O)O)cc3)cnc2N1. The van der Waals surface area contributed by atoms with E-state index in [4.69, 9.17) is 26.8 Å². The second-order valence-electron chi connectivity index (χ2n) is 11.1. The molecule has 280 valence electrons. The first-order chi connectivity index (χ1) is 24.6. The van der Waals surface area contributed by atoms with E-state index in [2.05, 4.69) is 54.2 Å². The van der Waals surface area contributed by atoms with Crippen LogP contribution in [-0.4, -0.2) is 114 Å². The maximum absolute atomic E-state index is 13.0. The van der Waals surface area contributed by atoms with E-state index in [0.29, 0.717) is 11.4 Å². The summed E-state index contributed by atoms with van der Waals surface area (Å²) in [6.45, 7) is -0.393. The summed E-state index contributed by atoms with van der Waals surface area (Å²) in [5.74, 6) is -8.08. The van der Waals surface area contributed by atoms with Crippen molar-refractivity contribution >= 4 is 71.6 Å². The summed E-state index contributed by atoms with van der Waals surface area (Å²) in [4.78, 5) is 97.1. The van der Waals surface area contributed by atoms with E-state index in [9.17, 15) is 38.7 Å². The number of aliphatic imine (C=N–C) groups is 1. The molecule has 0 saturated carbocycles. The molecule has 1 aliphatic heterocycles. The standard InChI is InChI=1S/C29H37N11O11S/c30-15(24(46)37-17(7-20(43)44)26(48)38-18(11-52)28(50)51)10-34-25(47)16(5-6-19(41)42)36-23(45)12-1-3-13(4-2-12)32-8-14-9-33-22-21(35-14)27(49)40-29(31)39-22/h1-4,9,15-18,27,32,49,52H,5-8,10-11,30H2,(H,34,47)(H,36,45)(H,37,46)(H,38,48)(H,41,42)(H,43,44)(H,50,51)(H3,31,33,39,40)/t15-,16+,17-,18-,27?/m0/s1. The summed E-state index contributed by atoms with van der Waals surface area (Å²) in [5.41, 5.74) is 12.7. The lowest BCUT2D eigenvalue weighted by molar-refractivity contribution is -0.143. The number of fused-ring (bicyclic) bond motifs is 1. The molecule has 22 nitrogen and oxygen atoms in total. The second kappa shape index (κ2) is 18.8. The number of amides is 4. The Balaban J connectivity index is 1.58. The molecule has 14 N–H and O–H groups in total. The molecule has 23 heteroatoms. The van der Waals surface area contributed by atoms with Crippen molar-refractivity contribution < 1.29 is 54.0 Å². The van der Waals surface area contributed by atoms with Gasteiger partial charge in [0.1, 0.15) is 29.9 Å². The third kappa shape index (κ3) is 12.1. The Morgan fingerprint density at radius 2 is 1.58 bits per heavy atom. The molecule has 1 unspecified atom stereocenters. The van der Waals surface area contributed by atoms with Crippen LogP contribution < -0.4 is 43.4 Å². The van der Waals surface area contributed by atoms with E-state index < -0.39 is 91.3 Å². The number of anilines is 2. The molecule has 3 rings (SSSR count). The van der Waals surface area contributed by atoms with Gasteiger partial charge in [-0.15, -0.1) is 0 Å². The van der Waals surface area contributed by atoms with Gasteiger partial charge in [-0.2, -0.15) is 12.6 Å². The van der Waals surface area contributed by atoms with E-state index in [-0.39, 0.29) is 41.8 Å². The molecule has 1 aliphatic rings. The topological polar surface area (TPSA) is 363 Å². The van der Waals surface area contributed by atoms with Crippen LogP contribution in [0.1, 0.15) is 47.2 Å². The van der Waals surface area contributed by atoms with Crippen LogP contribution in [0, 0.1) is 0 Å². The molecule has 0 bridgehead atoms. The van der Waals surface area contributed by atoms with Gasteiger partial charge in [0, 0.05) is 30.0 Å². The normalized spacial score (nSPS) is 15.5. The molecule has 0 saturated heterocycles. The van der Waals surface area contributed by atoms with Gasteiger partial charge in [-0.25, -0.2) is 19.8 Å². The zero-order valence-electron chi connectivity index (χ0n) is 27.1. The van der Waals surface area contributed by atoms with Gasteiger partial charge in [-0.1, -0.05) is 0 Å². The minimum atomic E-state index is -1.72. The van der Waals surface area contributed by atoms with Gasteiger partial charge in [0.25, 0.3) is 5.91 Å². The highest BCUT2D eigenvalue weighted by molar-refractivity contribution is 7.80. The third-order valence-corrected chi connectivity index (χ3v) is 7.50. The van der Waals surface area contributed by atoms with E-state index in [1.54, 1.807) is 12.1 Å². The van der Waals surface area contributed by atoms with Crippen molar-refractivity contribution in [2.45, 2.75) is 56.2 Å². The molecule has 52 heavy (non-hydrogen) atoms. The van der Waals surface area contributed by atoms with Gasteiger partial charge >= 0.3 is 17.9 Å². The Morgan fingerprint density at radius 1 is 0.904 bits per heavy atom. The number of benzene rings is 1. The first-order valence-electron chi connectivity index (χ1n) is 15.3. The highest BCUT2D eigenvalue weighted by atomic mass is 32.1. The average molecular weight is 748 g/mol. The summed E-state index contributed by atoms with van der Waals surface area (Å²) >= 11 is 3.80. The molecular formula is C29H37N11O11S. The summed E-state index contributed by atoms with van der Waals surface area (Å²) in [5, 5.41) is 52.2. The average Bonchev–Trinajstić information content (AvgIpc) is 3.09. The largest absolute Gasteiger partial charge is 0.481 e. The van der Waals surface area contributed by atoms with Crippen LogP contribution in [0.4, 0.5) is 11.5 Å². The summed E-state index contributed by atoms with van der Waals surface area (Å²) < 4.78 is 0. The minimum absolute atomic E-state index is 0.00104. The predicted octanol–water partition coefficient (Wildman–Crippen LogP) is -3.31. The molecule has 0 spiro atoms. The molecule has 2 heterocycles. The van der Waals surface area contributed by atoms with Crippen LogP contribution in [0.15, 0.2) is 35.5 Å². The van der Waals surface area contributed by atoms with Crippen molar-refractivity contribution in [3.63, 3.8) is 0 Å². The van der Waals surface area contributed by atoms with Crippen LogP contribution in [0.5, 0.6) is 0 Å².